The Morgan fingerprint density at radius 1 is 1.22 bits per heavy atom. The van der Waals surface area contributed by atoms with Crippen molar-refractivity contribution in [3.8, 4) is 0 Å². The maximum Gasteiger partial charge on any atom is 0.254 e. The van der Waals surface area contributed by atoms with E-state index in [-0.39, 0.29) is 17.7 Å². The molecule has 0 saturated heterocycles. The molecule has 1 aromatic carbocycles. The van der Waals surface area contributed by atoms with Crippen LogP contribution in [0.1, 0.15) is 15.9 Å². The van der Waals surface area contributed by atoms with Gasteiger partial charge in [-0.15, -0.1) is 0 Å². The van der Waals surface area contributed by atoms with Crippen LogP contribution in [0.25, 0.3) is 0 Å². The minimum atomic E-state index is -0.956. The number of hydrogen-bond acceptors (Lipinski definition) is 3. The maximum atomic E-state index is 13.3. The maximum absolute atomic E-state index is 13.3. The zero-order valence-electron chi connectivity index (χ0n) is 9.23. The topological polar surface area (TPSA) is 54.9 Å². The standard InChI is InChI=1S/C12H9F2N3O/c13-10-3-1-2-8(11(10)14)6-17-12(18)9-4-15-7-16-5-9/h1-5,7H,6H2,(H,17,18). The first kappa shape index (κ1) is 12.1. The molecule has 0 radical (unpaired) electrons. The summed E-state index contributed by atoms with van der Waals surface area (Å²) in [4.78, 5) is 19.0. The number of amides is 1. The molecule has 0 bridgehead atoms. The van der Waals surface area contributed by atoms with Gasteiger partial charge in [-0.1, -0.05) is 12.1 Å². The third kappa shape index (κ3) is 2.65. The largest absolute Gasteiger partial charge is 0.348 e. The highest BCUT2D eigenvalue weighted by atomic mass is 19.2. The third-order valence-electron chi connectivity index (χ3n) is 2.29. The van der Waals surface area contributed by atoms with E-state index in [0.29, 0.717) is 0 Å². The second-order valence-corrected chi connectivity index (χ2v) is 3.52. The normalized spacial score (nSPS) is 10.1. The van der Waals surface area contributed by atoms with Gasteiger partial charge in [0.25, 0.3) is 5.91 Å². The quantitative estimate of drug-likeness (QED) is 0.900. The Kier molecular flexibility index (Phi) is 3.57. The Hall–Kier alpha value is -2.37. The molecule has 2 aromatic rings. The van der Waals surface area contributed by atoms with Crippen LogP contribution in [0, 0.1) is 11.6 Å². The average molecular weight is 249 g/mol. The summed E-state index contributed by atoms with van der Waals surface area (Å²) < 4.78 is 26.2. The molecule has 0 unspecified atom stereocenters. The van der Waals surface area contributed by atoms with Crippen molar-refractivity contribution < 1.29 is 13.6 Å². The van der Waals surface area contributed by atoms with Gasteiger partial charge in [0.05, 0.1) is 5.56 Å². The molecule has 0 aliphatic carbocycles. The van der Waals surface area contributed by atoms with E-state index >= 15 is 0 Å². The molecule has 1 N–H and O–H groups in total. The lowest BCUT2D eigenvalue weighted by atomic mass is 10.2. The smallest absolute Gasteiger partial charge is 0.254 e. The Labute approximate surface area is 102 Å². The van der Waals surface area contributed by atoms with Crippen LogP contribution in [0.5, 0.6) is 0 Å². The summed E-state index contributed by atoms with van der Waals surface area (Å²) in [6.45, 7) is -0.0999. The van der Waals surface area contributed by atoms with E-state index in [2.05, 4.69) is 15.3 Å². The Bertz CT molecular complexity index is 561. The average Bonchev–Trinajstić information content (AvgIpc) is 2.41. The Morgan fingerprint density at radius 2 is 1.94 bits per heavy atom. The number of hydrogen-bond donors (Lipinski definition) is 1. The molecule has 0 fully saturated rings. The molecule has 0 spiro atoms. The predicted molar refractivity (Wildman–Crippen MR) is 59.6 cm³/mol. The molecular formula is C12H9F2N3O. The number of carbonyl (C=O) groups is 1. The summed E-state index contributed by atoms with van der Waals surface area (Å²) in [6, 6.07) is 3.80. The van der Waals surface area contributed by atoms with E-state index in [1.165, 1.54) is 30.9 Å². The summed E-state index contributed by atoms with van der Waals surface area (Å²) in [5.74, 6) is -2.34. The van der Waals surface area contributed by atoms with Gasteiger partial charge in [-0.2, -0.15) is 0 Å². The van der Waals surface area contributed by atoms with E-state index in [4.69, 9.17) is 0 Å². The number of rotatable bonds is 3. The van der Waals surface area contributed by atoms with Crippen LogP contribution in [0.15, 0.2) is 36.9 Å². The van der Waals surface area contributed by atoms with Crippen LogP contribution in [0.4, 0.5) is 8.78 Å². The van der Waals surface area contributed by atoms with Crippen LogP contribution in [-0.4, -0.2) is 15.9 Å². The molecule has 0 atom stereocenters. The van der Waals surface area contributed by atoms with Crippen molar-refractivity contribution >= 4 is 5.91 Å². The van der Waals surface area contributed by atoms with Gasteiger partial charge in [-0.25, -0.2) is 18.7 Å². The van der Waals surface area contributed by atoms with Gasteiger partial charge in [0.1, 0.15) is 6.33 Å². The number of nitrogens with zero attached hydrogens (tertiary/aromatic N) is 2. The van der Waals surface area contributed by atoms with E-state index in [1.54, 1.807) is 0 Å². The number of nitrogens with one attached hydrogen (secondary N) is 1. The van der Waals surface area contributed by atoms with Crippen molar-refractivity contribution in [1.82, 2.24) is 15.3 Å². The predicted octanol–water partition coefficient (Wildman–Crippen LogP) is 1.68. The molecule has 0 aliphatic heterocycles. The van der Waals surface area contributed by atoms with Gasteiger partial charge >= 0.3 is 0 Å². The highest BCUT2D eigenvalue weighted by Gasteiger charge is 2.10. The molecule has 1 aromatic heterocycles. The molecule has 18 heavy (non-hydrogen) atoms. The number of aromatic nitrogens is 2. The minimum absolute atomic E-state index is 0.0835. The second kappa shape index (κ2) is 5.31. The summed E-state index contributed by atoms with van der Waals surface area (Å²) in [5, 5.41) is 2.46. The van der Waals surface area contributed by atoms with Crippen molar-refractivity contribution in [2.75, 3.05) is 0 Å². The van der Waals surface area contributed by atoms with Crippen LogP contribution in [-0.2, 0) is 6.54 Å². The molecular weight excluding hydrogens is 240 g/mol. The van der Waals surface area contributed by atoms with E-state index < -0.39 is 17.5 Å². The van der Waals surface area contributed by atoms with E-state index in [0.717, 1.165) is 6.07 Å². The molecule has 4 nitrogen and oxygen atoms in total. The monoisotopic (exact) mass is 249 g/mol. The van der Waals surface area contributed by atoms with Crippen molar-refractivity contribution in [2.45, 2.75) is 6.54 Å². The minimum Gasteiger partial charge on any atom is -0.348 e. The van der Waals surface area contributed by atoms with Crippen LogP contribution in [0.2, 0.25) is 0 Å². The van der Waals surface area contributed by atoms with Crippen LogP contribution in [0.3, 0.4) is 0 Å². The summed E-state index contributed by atoms with van der Waals surface area (Å²) in [6.07, 6.45) is 3.97. The molecule has 1 heterocycles. The van der Waals surface area contributed by atoms with Gasteiger partial charge in [-0.3, -0.25) is 4.79 Å². The summed E-state index contributed by atoms with van der Waals surface area (Å²) >= 11 is 0. The van der Waals surface area contributed by atoms with Gasteiger partial charge in [0.15, 0.2) is 11.6 Å². The van der Waals surface area contributed by atoms with Gasteiger partial charge in [0.2, 0.25) is 0 Å². The first-order chi connectivity index (χ1) is 8.68. The fourth-order valence-corrected chi connectivity index (χ4v) is 1.38. The molecule has 92 valence electrons. The van der Waals surface area contributed by atoms with Crippen molar-refractivity contribution in [3.63, 3.8) is 0 Å². The molecule has 1 amide bonds. The Morgan fingerprint density at radius 3 is 2.67 bits per heavy atom. The zero-order chi connectivity index (χ0) is 13.0. The lowest BCUT2D eigenvalue weighted by Gasteiger charge is -2.06. The van der Waals surface area contributed by atoms with Crippen LogP contribution >= 0.6 is 0 Å². The first-order valence-electron chi connectivity index (χ1n) is 5.14. The SMILES string of the molecule is O=C(NCc1cccc(F)c1F)c1cncnc1. The van der Waals surface area contributed by atoms with Crippen molar-refractivity contribution in [2.24, 2.45) is 0 Å². The highest BCUT2D eigenvalue weighted by molar-refractivity contribution is 5.93. The second-order valence-electron chi connectivity index (χ2n) is 3.52. The lowest BCUT2D eigenvalue weighted by molar-refractivity contribution is 0.0949. The van der Waals surface area contributed by atoms with E-state index in [1.807, 2.05) is 0 Å². The van der Waals surface area contributed by atoms with Crippen molar-refractivity contribution in [3.05, 3.63) is 59.7 Å². The summed E-state index contributed by atoms with van der Waals surface area (Å²) in [7, 11) is 0. The molecule has 0 aliphatic rings. The fraction of sp³-hybridized carbons (Fsp3) is 0.0833. The Balaban J connectivity index is 2.04. The van der Waals surface area contributed by atoms with Crippen molar-refractivity contribution in [1.29, 1.82) is 0 Å². The van der Waals surface area contributed by atoms with Gasteiger partial charge in [0, 0.05) is 24.5 Å². The third-order valence-corrected chi connectivity index (χ3v) is 2.29. The molecule has 0 saturated carbocycles. The molecule has 6 heteroatoms. The number of carbonyl (C=O) groups excluding carboxylic acids is 1. The van der Waals surface area contributed by atoms with E-state index in [9.17, 15) is 13.6 Å². The molecule has 2 rings (SSSR count). The fourth-order valence-electron chi connectivity index (χ4n) is 1.38. The highest BCUT2D eigenvalue weighted by Crippen LogP contribution is 2.11. The first-order valence-corrected chi connectivity index (χ1v) is 5.14. The van der Waals surface area contributed by atoms with Gasteiger partial charge < -0.3 is 5.32 Å². The lowest BCUT2D eigenvalue weighted by Crippen LogP contribution is -2.23. The number of halogens is 2. The zero-order valence-corrected chi connectivity index (χ0v) is 9.23. The van der Waals surface area contributed by atoms with Gasteiger partial charge in [-0.05, 0) is 6.07 Å². The summed E-state index contributed by atoms with van der Waals surface area (Å²) in [5.41, 5.74) is 0.342. The number of benzene rings is 1. The van der Waals surface area contributed by atoms with Crippen LogP contribution < -0.4 is 5.32 Å².